The van der Waals surface area contributed by atoms with E-state index in [9.17, 15) is 0 Å². The normalized spacial score (nSPS) is 20.2. The predicted molar refractivity (Wildman–Crippen MR) is 74.5 cm³/mol. The lowest BCUT2D eigenvalue weighted by molar-refractivity contribution is 0.289. The second-order valence-corrected chi connectivity index (χ2v) is 6.64. The molecule has 1 fully saturated rings. The Morgan fingerprint density at radius 1 is 1.44 bits per heavy atom. The summed E-state index contributed by atoms with van der Waals surface area (Å²) in [7, 11) is 0. The van der Waals surface area contributed by atoms with Gasteiger partial charge in [-0.1, -0.05) is 24.9 Å². The van der Waals surface area contributed by atoms with Crippen molar-refractivity contribution >= 4 is 11.8 Å². The Morgan fingerprint density at radius 2 is 2.17 bits per heavy atom. The van der Waals surface area contributed by atoms with Crippen LogP contribution in [0.4, 0.5) is 0 Å². The minimum absolute atomic E-state index is 0.177. The van der Waals surface area contributed by atoms with E-state index >= 15 is 0 Å². The van der Waals surface area contributed by atoms with Crippen LogP contribution in [0.1, 0.15) is 57.7 Å². The molecule has 1 aromatic rings. The molecule has 102 valence electrons. The van der Waals surface area contributed by atoms with Crippen LogP contribution in [0.5, 0.6) is 0 Å². The molecule has 1 aromatic heterocycles. The third-order valence-electron chi connectivity index (χ3n) is 3.97. The zero-order valence-electron chi connectivity index (χ0n) is 11.3. The van der Waals surface area contributed by atoms with E-state index in [1.54, 1.807) is 0 Å². The van der Waals surface area contributed by atoms with Crippen molar-refractivity contribution in [1.29, 1.82) is 0 Å². The van der Waals surface area contributed by atoms with Crippen molar-refractivity contribution in [3.05, 3.63) is 11.7 Å². The second kappa shape index (κ2) is 6.06. The van der Waals surface area contributed by atoms with Gasteiger partial charge in [0.15, 0.2) is 5.82 Å². The number of nitrogens with two attached hydrogens (primary N) is 1. The number of nitrogens with zero attached hydrogens (tertiary/aromatic N) is 2. The van der Waals surface area contributed by atoms with Gasteiger partial charge in [-0.25, -0.2) is 0 Å². The van der Waals surface area contributed by atoms with Gasteiger partial charge in [-0.15, -0.1) is 0 Å². The van der Waals surface area contributed by atoms with Gasteiger partial charge in [0.1, 0.15) is 0 Å². The Balaban J connectivity index is 1.93. The molecule has 1 atom stereocenters. The summed E-state index contributed by atoms with van der Waals surface area (Å²) in [5.41, 5.74) is 5.62. The smallest absolute Gasteiger partial charge is 0.233 e. The molecule has 0 bridgehead atoms. The summed E-state index contributed by atoms with van der Waals surface area (Å²) in [6.07, 6.45) is 6.34. The lowest BCUT2D eigenvalue weighted by atomic mass is 9.88. The molecule has 2 rings (SSSR count). The van der Waals surface area contributed by atoms with Crippen molar-refractivity contribution in [1.82, 2.24) is 10.1 Å². The first-order valence-corrected chi connectivity index (χ1v) is 7.87. The quantitative estimate of drug-likeness (QED) is 0.860. The standard InChI is InChI=1S/C13H23N3OS/c1-3-13(2,9-14)12-15-11(16-17-12)8-18-10-6-4-5-7-10/h10H,3-9,14H2,1-2H3. The van der Waals surface area contributed by atoms with Crippen molar-refractivity contribution in [3.8, 4) is 0 Å². The molecule has 2 N–H and O–H groups in total. The summed E-state index contributed by atoms with van der Waals surface area (Å²) in [5, 5.41) is 4.87. The highest BCUT2D eigenvalue weighted by molar-refractivity contribution is 7.99. The highest BCUT2D eigenvalue weighted by atomic mass is 32.2. The first kappa shape index (κ1) is 13.9. The molecule has 1 aliphatic rings. The third-order valence-corrected chi connectivity index (χ3v) is 5.33. The first-order valence-electron chi connectivity index (χ1n) is 6.82. The van der Waals surface area contributed by atoms with Crippen LogP contribution >= 0.6 is 11.8 Å². The van der Waals surface area contributed by atoms with Crippen molar-refractivity contribution in [2.75, 3.05) is 6.54 Å². The summed E-state index contributed by atoms with van der Waals surface area (Å²) in [4.78, 5) is 4.51. The van der Waals surface area contributed by atoms with Gasteiger partial charge in [0.25, 0.3) is 0 Å². The fraction of sp³-hybridized carbons (Fsp3) is 0.846. The highest BCUT2D eigenvalue weighted by Crippen LogP contribution is 2.31. The molecule has 0 radical (unpaired) electrons. The van der Waals surface area contributed by atoms with Crippen molar-refractivity contribution in [3.63, 3.8) is 0 Å². The molecule has 4 nitrogen and oxygen atoms in total. The van der Waals surface area contributed by atoms with Gasteiger partial charge < -0.3 is 10.3 Å². The SMILES string of the molecule is CCC(C)(CN)c1nc(CSC2CCCC2)no1. The Bertz CT molecular complexity index is 370. The summed E-state index contributed by atoms with van der Waals surface area (Å²) < 4.78 is 5.37. The summed E-state index contributed by atoms with van der Waals surface area (Å²) in [6, 6.07) is 0. The van der Waals surface area contributed by atoms with Gasteiger partial charge in [0.2, 0.25) is 5.89 Å². The highest BCUT2D eigenvalue weighted by Gasteiger charge is 2.29. The van der Waals surface area contributed by atoms with Crippen molar-refractivity contribution in [2.45, 2.75) is 62.4 Å². The van der Waals surface area contributed by atoms with Crippen LogP contribution < -0.4 is 5.73 Å². The molecule has 1 saturated carbocycles. The Morgan fingerprint density at radius 3 is 2.78 bits per heavy atom. The molecule has 0 amide bonds. The van der Waals surface area contributed by atoms with E-state index in [0.29, 0.717) is 12.4 Å². The molecular formula is C13H23N3OS. The maximum atomic E-state index is 5.80. The molecule has 1 aliphatic carbocycles. The number of rotatable bonds is 6. The third kappa shape index (κ3) is 3.06. The van der Waals surface area contributed by atoms with E-state index < -0.39 is 0 Å². The fourth-order valence-electron chi connectivity index (χ4n) is 2.19. The number of hydrogen-bond donors (Lipinski definition) is 1. The average Bonchev–Trinajstić information content (AvgIpc) is 3.06. The molecule has 0 aromatic carbocycles. The van der Waals surface area contributed by atoms with Crippen LogP contribution in [0.3, 0.4) is 0 Å². The molecular weight excluding hydrogens is 246 g/mol. The second-order valence-electron chi connectivity index (χ2n) is 5.35. The van der Waals surface area contributed by atoms with Gasteiger partial charge in [0, 0.05) is 11.8 Å². The van der Waals surface area contributed by atoms with Crippen LogP contribution in [0.25, 0.3) is 0 Å². The van der Waals surface area contributed by atoms with Crippen LogP contribution in [0, 0.1) is 0 Å². The molecule has 0 spiro atoms. The van der Waals surface area contributed by atoms with Crippen LogP contribution in [-0.4, -0.2) is 21.9 Å². The topological polar surface area (TPSA) is 64.9 Å². The van der Waals surface area contributed by atoms with Gasteiger partial charge in [-0.3, -0.25) is 0 Å². The van der Waals surface area contributed by atoms with Gasteiger partial charge >= 0.3 is 0 Å². The molecule has 1 unspecified atom stereocenters. The minimum atomic E-state index is -0.177. The van der Waals surface area contributed by atoms with Crippen molar-refractivity contribution in [2.24, 2.45) is 5.73 Å². The van der Waals surface area contributed by atoms with Gasteiger partial charge in [-0.05, 0) is 26.2 Å². The van der Waals surface area contributed by atoms with E-state index in [0.717, 1.165) is 23.2 Å². The maximum absolute atomic E-state index is 5.80. The lowest BCUT2D eigenvalue weighted by Gasteiger charge is -2.20. The zero-order chi connectivity index (χ0) is 13.0. The zero-order valence-corrected chi connectivity index (χ0v) is 12.1. The largest absolute Gasteiger partial charge is 0.339 e. The molecule has 5 heteroatoms. The maximum Gasteiger partial charge on any atom is 0.233 e. The molecule has 0 saturated heterocycles. The van der Waals surface area contributed by atoms with Gasteiger partial charge in [-0.2, -0.15) is 16.7 Å². The van der Waals surface area contributed by atoms with Crippen molar-refractivity contribution < 1.29 is 4.52 Å². The molecule has 1 heterocycles. The predicted octanol–water partition coefficient (Wildman–Crippen LogP) is 2.87. The van der Waals surface area contributed by atoms with E-state index in [1.807, 2.05) is 11.8 Å². The monoisotopic (exact) mass is 269 g/mol. The van der Waals surface area contributed by atoms with Crippen LogP contribution in [-0.2, 0) is 11.2 Å². The van der Waals surface area contributed by atoms with E-state index in [2.05, 4.69) is 24.0 Å². The Labute approximate surface area is 113 Å². The van der Waals surface area contributed by atoms with E-state index in [1.165, 1.54) is 25.7 Å². The fourth-order valence-corrected chi connectivity index (χ4v) is 3.36. The van der Waals surface area contributed by atoms with Crippen LogP contribution in [0.2, 0.25) is 0 Å². The summed E-state index contributed by atoms with van der Waals surface area (Å²) in [6.45, 7) is 4.72. The molecule has 0 aliphatic heterocycles. The Kier molecular flexibility index (Phi) is 4.67. The summed E-state index contributed by atoms with van der Waals surface area (Å²) >= 11 is 1.96. The van der Waals surface area contributed by atoms with E-state index in [-0.39, 0.29) is 5.41 Å². The van der Waals surface area contributed by atoms with Crippen LogP contribution in [0.15, 0.2) is 4.52 Å². The number of aromatic nitrogens is 2. The first-order chi connectivity index (χ1) is 8.68. The number of thioether (sulfide) groups is 1. The molecule has 18 heavy (non-hydrogen) atoms. The van der Waals surface area contributed by atoms with E-state index in [4.69, 9.17) is 10.3 Å². The number of hydrogen-bond acceptors (Lipinski definition) is 5. The van der Waals surface area contributed by atoms with Gasteiger partial charge in [0.05, 0.1) is 11.2 Å². The Hall–Kier alpha value is -0.550. The average molecular weight is 269 g/mol. The summed E-state index contributed by atoms with van der Waals surface area (Å²) in [5.74, 6) is 2.36. The minimum Gasteiger partial charge on any atom is -0.339 e. The lowest BCUT2D eigenvalue weighted by Crippen LogP contribution is -2.31.